The summed E-state index contributed by atoms with van der Waals surface area (Å²) in [6.45, 7) is 6.53. The first-order chi connectivity index (χ1) is 15.9. The first-order valence-corrected chi connectivity index (χ1v) is 13.9. The number of imidazole rings is 1. The molecular weight excluding hydrogens is 491 g/mol. The third kappa shape index (κ3) is 6.06. The summed E-state index contributed by atoms with van der Waals surface area (Å²) in [7, 11) is -7.13. The smallest absolute Gasteiger partial charge is 0.210 e. The average molecular weight is 517 g/mol. The van der Waals surface area contributed by atoms with Gasteiger partial charge in [-0.3, -0.25) is 0 Å². The van der Waals surface area contributed by atoms with Gasteiger partial charge in [-0.1, -0.05) is 75.4 Å². The van der Waals surface area contributed by atoms with Gasteiger partial charge in [-0.2, -0.15) is 0 Å². The van der Waals surface area contributed by atoms with Crippen LogP contribution in [-0.2, 0) is 5.41 Å². The minimum absolute atomic E-state index is 0.0878. The Morgan fingerprint density at radius 3 is 1.29 bits per heavy atom. The van der Waals surface area contributed by atoms with Crippen LogP contribution in [-0.4, -0.2) is 9.97 Å². The highest BCUT2D eigenvalue weighted by atomic mass is 35.7. The van der Waals surface area contributed by atoms with Gasteiger partial charge >= 0.3 is 0 Å². The van der Waals surface area contributed by atoms with Gasteiger partial charge in [-0.15, -0.1) is 22.9 Å². The van der Waals surface area contributed by atoms with E-state index in [4.69, 9.17) is 36.2 Å². The second kappa shape index (κ2) is 10.6. The number of thiol groups is 1. The van der Waals surface area contributed by atoms with Crippen molar-refractivity contribution in [1.29, 1.82) is 0 Å². The summed E-state index contributed by atoms with van der Waals surface area (Å²) in [6.07, 6.45) is 0. The predicted octanol–water partition coefficient (Wildman–Crippen LogP) is -0.141. The van der Waals surface area contributed by atoms with E-state index in [1.165, 1.54) is 15.9 Å². The molecule has 4 aromatic rings. The number of aromatic nitrogens is 2. The van der Waals surface area contributed by atoms with E-state index in [1.807, 2.05) is 0 Å². The quantitative estimate of drug-likeness (QED) is 0.289. The average Bonchev–Trinajstić information content (AvgIpc) is 3.18. The van der Waals surface area contributed by atoms with Gasteiger partial charge in [-0.25, -0.2) is 23.6 Å². The molecule has 9 heteroatoms. The van der Waals surface area contributed by atoms with E-state index in [0.717, 1.165) is 16.3 Å². The molecular formula is C25H26ClN2O4PS. The van der Waals surface area contributed by atoms with Gasteiger partial charge in [0, 0.05) is 5.41 Å². The van der Waals surface area contributed by atoms with Crippen molar-refractivity contribution < 1.29 is 28.9 Å². The van der Waals surface area contributed by atoms with Crippen LogP contribution in [0.1, 0.15) is 26.6 Å². The largest absolute Gasteiger partial charge is 0.311 e. The maximum absolute atomic E-state index is 8.49. The van der Waals surface area contributed by atoms with E-state index in [9.17, 15) is 0 Å². The number of benzene rings is 3. The highest BCUT2D eigenvalue weighted by Gasteiger charge is 2.51. The molecule has 3 aromatic carbocycles. The third-order valence-corrected chi connectivity index (χ3v) is 9.86. The molecule has 0 aliphatic heterocycles. The lowest BCUT2D eigenvalue weighted by Gasteiger charge is -2.26. The molecule has 1 N–H and O–H groups in total. The van der Waals surface area contributed by atoms with Gasteiger partial charge in [0.2, 0.25) is 5.44 Å². The first-order valence-electron chi connectivity index (χ1n) is 10.4. The van der Waals surface area contributed by atoms with Crippen LogP contribution >= 0.6 is 19.9 Å². The molecule has 0 saturated heterocycles. The molecule has 0 fully saturated rings. The maximum Gasteiger partial charge on any atom is 0.210 e. The lowest BCUT2D eigenvalue weighted by atomic mass is 9.96. The van der Waals surface area contributed by atoms with Crippen molar-refractivity contribution in [3.05, 3.63) is 96.8 Å². The van der Waals surface area contributed by atoms with Crippen molar-refractivity contribution in [2.45, 2.75) is 31.2 Å². The summed E-state index contributed by atoms with van der Waals surface area (Å²) >= 11 is 4.88. The van der Waals surface area contributed by atoms with Gasteiger partial charge in [0.15, 0.2) is 12.3 Å². The zero-order chi connectivity index (χ0) is 25.0. The summed E-state index contributed by atoms with van der Waals surface area (Å²) in [5.74, 6) is 0.963. The Hall–Kier alpha value is -2.22. The van der Waals surface area contributed by atoms with E-state index in [2.05, 4.69) is 117 Å². The fraction of sp³-hybridized carbons (Fsp3) is 0.160. The number of nitrogens with one attached hydrogen (secondary N) is 1. The molecule has 34 heavy (non-hydrogen) atoms. The summed E-state index contributed by atoms with van der Waals surface area (Å²) in [4.78, 5) is 8.58. The molecule has 0 aliphatic rings. The van der Waals surface area contributed by atoms with Gasteiger partial charge in [0.25, 0.3) is 0 Å². The van der Waals surface area contributed by atoms with Crippen molar-refractivity contribution in [2.75, 3.05) is 0 Å². The molecule has 0 unspecified atom stereocenters. The standard InChI is InChI=1S/C25H25N2PS.ClHO4/c1-25(2,3)24-26-22(23(29)27-24)28(19-13-7-4-8-14-19,20-15-9-5-10-16-20)21-17-11-6-12-18-21;2-1(3,4)5/h4-18H,1-3H3,(H-,26,27,29);(H,2,3,4,5). The minimum atomic E-state index is -4.94. The Labute approximate surface area is 207 Å². The Morgan fingerprint density at radius 1 is 0.706 bits per heavy atom. The van der Waals surface area contributed by atoms with E-state index in [-0.39, 0.29) is 5.41 Å². The van der Waals surface area contributed by atoms with Crippen LogP contribution in [0.25, 0.3) is 0 Å². The maximum atomic E-state index is 8.49. The van der Waals surface area contributed by atoms with Crippen molar-refractivity contribution in [1.82, 2.24) is 9.97 Å². The van der Waals surface area contributed by atoms with Crippen LogP contribution in [0.2, 0.25) is 0 Å². The van der Waals surface area contributed by atoms with Gasteiger partial charge in [0.05, 0.1) is 0 Å². The monoisotopic (exact) mass is 516 g/mol. The fourth-order valence-electron chi connectivity index (χ4n) is 3.73. The number of H-pyrrole nitrogens is 1. The van der Waals surface area contributed by atoms with Crippen molar-refractivity contribution in [3.8, 4) is 0 Å². The molecule has 0 radical (unpaired) electrons. The predicted molar refractivity (Wildman–Crippen MR) is 129 cm³/mol. The minimum Gasteiger partial charge on any atom is -0.311 e. The Kier molecular flexibility index (Phi) is 8.22. The molecule has 0 aliphatic carbocycles. The number of nitrogens with zero attached hydrogens (tertiary/aromatic N) is 1. The Morgan fingerprint density at radius 2 is 1.03 bits per heavy atom. The van der Waals surface area contributed by atoms with Crippen molar-refractivity contribution in [2.24, 2.45) is 0 Å². The zero-order valence-corrected chi connectivity index (χ0v) is 21.6. The van der Waals surface area contributed by atoms with Crippen molar-refractivity contribution in [3.63, 3.8) is 0 Å². The van der Waals surface area contributed by atoms with Gasteiger partial charge in [-0.05, 0) is 36.4 Å². The molecule has 0 saturated carbocycles. The third-order valence-electron chi connectivity index (χ3n) is 5.14. The molecule has 178 valence electrons. The van der Waals surface area contributed by atoms with Crippen LogP contribution in [0.15, 0.2) is 96.0 Å². The summed E-state index contributed by atoms with van der Waals surface area (Å²) in [6, 6.07) is 32.3. The lowest BCUT2D eigenvalue weighted by molar-refractivity contribution is -2.00. The zero-order valence-electron chi connectivity index (χ0n) is 19.0. The van der Waals surface area contributed by atoms with E-state index in [1.54, 1.807) is 0 Å². The summed E-state index contributed by atoms with van der Waals surface area (Å²) < 4.78 is 34.0. The summed E-state index contributed by atoms with van der Waals surface area (Å²) in [5, 5.41) is 4.64. The SMILES string of the molecule is CC(C)(C)c1nc(S)c([P+](c2ccccc2)(c2ccccc2)c2ccccc2)[nH]1.[O-][Cl+3]([O-])([O-])[O-]. The molecule has 4 rings (SSSR count). The van der Waals surface area contributed by atoms with E-state index >= 15 is 0 Å². The Bertz CT molecular complexity index is 1090. The van der Waals surface area contributed by atoms with E-state index in [0.29, 0.717) is 0 Å². The molecule has 6 nitrogen and oxygen atoms in total. The highest BCUT2D eigenvalue weighted by molar-refractivity contribution is 8.02. The van der Waals surface area contributed by atoms with Crippen LogP contribution in [0.4, 0.5) is 0 Å². The lowest BCUT2D eigenvalue weighted by Crippen LogP contribution is -2.68. The van der Waals surface area contributed by atoms with Crippen LogP contribution in [0.5, 0.6) is 0 Å². The summed E-state index contributed by atoms with van der Waals surface area (Å²) in [5.41, 5.74) is 1.02. The normalized spacial score (nSPS) is 12.1. The molecule has 1 aromatic heterocycles. The fourth-order valence-corrected chi connectivity index (χ4v) is 8.49. The topological polar surface area (TPSA) is 121 Å². The second-order valence-electron chi connectivity index (χ2n) is 8.56. The highest BCUT2D eigenvalue weighted by Crippen LogP contribution is 2.55. The number of halogens is 1. The van der Waals surface area contributed by atoms with Crippen LogP contribution in [0.3, 0.4) is 0 Å². The number of rotatable bonds is 4. The Balaban J connectivity index is 0.000000588. The first kappa shape index (κ1) is 26.4. The van der Waals surface area contributed by atoms with Crippen LogP contribution in [0, 0.1) is 10.2 Å². The molecule has 0 atom stereocenters. The number of hydrogen-bond acceptors (Lipinski definition) is 6. The molecule has 0 amide bonds. The van der Waals surface area contributed by atoms with Crippen molar-refractivity contribution >= 4 is 41.2 Å². The number of aromatic amines is 1. The van der Waals surface area contributed by atoms with Gasteiger partial charge < -0.3 is 4.98 Å². The van der Waals surface area contributed by atoms with Gasteiger partial charge in [0.1, 0.15) is 21.7 Å². The van der Waals surface area contributed by atoms with Crippen LogP contribution < -0.4 is 40.0 Å². The molecule has 1 heterocycles. The molecule has 0 spiro atoms. The van der Waals surface area contributed by atoms with E-state index < -0.39 is 17.5 Å². The number of hydrogen-bond donors (Lipinski definition) is 2. The molecule has 0 bridgehead atoms. The second-order valence-corrected chi connectivity index (χ2v) is 13.1.